The number of hydrogen-bond acceptors (Lipinski definition) is 4. The summed E-state index contributed by atoms with van der Waals surface area (Å²) in [5.41, 5.74) is 2.82. The Kier molecular flexibility index (Phi) is 5.38. The topological polar surface area (TPSA) is 46.8 Å². The van der Waals surface area contributed by atoms with Gasteiger partial charge in [0.1, 0.15) is 0 Å². The second-order valence-corrected chi connectivity index (χ2v) is 8.14. The molecule has 0 radical (unpaired) electrons. The number of alkyl halides is 3. The minimum atomic E-state index is -4.49. The molecule has 4 heterocycles. The van der Waals surface area contributed by atoms with Crippen LogP contribution in [0.25, 0.3) is 27.7 Å². The largest absolute Gasteiger partial charge is 0.418 e. The molecule has 1 aliphatic rings. The van der Waals surface area contributed by atoms with Crippen molar-refractivity contribution in [3.8, 4) is 16.8 Å². The molecule has 3 aromatic heterocycles. The van der Waals surface area contributed by atoms with Gasteiger partial charge in [-0.2, -0.15) is 18.3 Å². The lowest BCUT2D eigenvalue weighted by atomic mass is 10.0. The Morgan fingerprint density at radius 3 is 2.50 bits per heavy atom. The van der Waals surface area contributed by atoms with E-state index in [0.29, 0.717) is 5.52 Å². The molecule has 5 rings (SSSR count). The summed E-state index contributed by atoms with van der Waals surface area (Å²) in [6.07, 6.45) is 6.91. The summed E-state index contributed by atoms with van der Waals surface area (Å²) in [7, 11) is 0. The van der Waals surface area contributed by atoms with Crippen LogP contribution in [-0.2, 0) is 12.7 Å². The van der Waals surface area contributed by atoms with Gasteiger partial charge in [0.05, 0.1) is 29.2 Å². The number of pyridine rings is 2. The summed E-state index contributed by atoms with van der Waals surface area (Å²) in [4.78, 5) is 10.7. The molecule has 8 heteroatoms. The number of nitrogens with zero attached hydrogens (tertiary/aromatic N) is 5. The summed E-state index contributed by atoms with van der Waals surface area (Å²) in [5, 5.41) is 4.97. The summed E-state index contributed by atoms with van der Waals surface area (Å²) >= 11 is 0. The van der Waals surface area contributed by atoms with Gasteiger partial charge in [0.15, 0.2) is 0 Å². The second-order valence-electron chi connectivity index (χ2n) is 8.14. The van der Waals surface area contributed by atoms with Crippen LogP contribution in [0, 0.1) is 0 Å². The predicted molar refractivity (Wildman–Crippen MR) is 116 cm³/mol. The quantitative estimate of drug-likeness (QED) is 0.424. The van der Waals surface area contributed by atoms with Gasteiger partial charge in [-0.05, 0) is 61.3 Å². The van der Waals surface area contributed by atoms with Gasteiger partial charge in [-0.3, -0.25) is 14.9 Å². The van der Waals surface area contributed by atoms with Gasteiger partial charge in [-0.25, -0.2) is 4.68 Å². The van der Waals surface area contributed by atoms with Gasteiger partial charge in [-0.1, -0.05) is 12.5 Å². The molecular weight excluding hydrogens is 415 g/mol. The Bertz CT molecular complexity index is 1240. The molecule has 32 heavy (non-hydrogen) atoms. The van der Waals surface area contributed by atoms with Crippen molar-refractivity contribution in [3.63, 3.8) is 0 Å². The highest BCUT2D eigenvalue weighted by Crippen LogP contribution is 2.34. The maximum atomic E-state index is 13.5. The molecule has 0 amide bonds. The first-order chi connectivity index (χ1) is 15.5. The fraction of sp³-hybridized carbons (Fsp3) is 0.292. The van der Waals surface area contributed by atoms with Crippen molar-refractivity contribution in [1.29, 1.82) is 0 Å². The van der Waals surface area contributed by atoms with E-state index >= 15 is 0 Å². The number of rotatable bonds is 4. The number of fused-ring (bicyclic) bond motifs is 1. The van der Waals surface area contributed by atoms with Gasteiger partial charge < -0.3 is 0 Å². The molecule has 0 N–H and O–H groups in total. The molecular formula is C24H22F3N5. The van der Waals surface area contributed by atoms with Gasteiger partial charge in [0, 0.05) is 36.1 Å². The zero-order chi connectivity index (χ0) is 22.1. The zero-order valence-corrected chi connectivity index (χ0v) is 17.4. The van der Waals surface area contributed by atoms with Crippen LogP contribution in [0.2, 0.25) is 0 Å². The van der Waals surface area contributed by atoms with Crippen LogP contribution in [-0.4, -0.2) is 37.7 Å². The average molecular weight is 437 g/mol. The summed E-state index contributed by atoms with van der Waals surface area (Å²) < 4.78 is 41.6. The van der Waals surface area contributed by atoms with Crippen LogP contribution in [0.5, 0.6) is 0 Å². The molecule has 1 aliphatic heterocycles. The van der Waals surface area contributed by atoms with Crippen LogP contribution in [0.15, 0.2) is 61.3 Å². The highest BCUT2D eigenvalue weighted by atomic mass is 19.4. The highest BCUT2D eigenvalue weighted by Gasteiger charge is 2.34. The van der Waals surface area contributed by atoms with Crippen molar-refractivity contribution in [2.24, 2.45) is 0 Å². The minimum absolute atomic E-state index is 0.0899. The van der Waals surface area contributed by atoms with E-state index in [-0.39, 0.29) is 5.69 Å². The summed E-state index contributed by atoms with van der Waals surface area (Å²) in [6.45, 7) is 3.11. The second kappa shape index (κ2) is 8.35. The monoisotopic (exact) mass is 437 g/mol. The van der Waals surface area contributed by atoms with Crippen LogP contribution >= 0.6 is 0 Å². The maximum absolute atomic E-state index is 13.5. The predicted octanol–water partition coefficient (Wildman–Crippen LogP) is 5.49. The molecule has 0 unspecified atom stereocenters. The molecule has 1 saturated heterocycles. The smallest absolute Gasteiger partial charge is 0.299 e. The van der Waals surface area contributed by atoms with E-state index in [1.54, 1.807) is 12.3 Å². The third-order valence-electron chi connectivity index (χ3n) is 5.88. The van der Waals surface area contributed by atoms with Crippen LogP contribution < -0.4 is 0 Å². The maximum Gasteiger partial charge on any atom is 0.418 e. The van der Waals surface area contributed by atoms with Crippen molar-refractivity contribution < 1.29 is 13.2 Å². The Labute approximate surface area is 183 Å². The van der Waals surface area contributed by atoms with E-state index in [4.69, 9.17) is 0 Å². The first-order valence-electron chi connectivity index (χ1n) is 10.6. The lowest BCUT2D eigenvalue weighted by Gasteiger charge is -2.26. The Balaban J connectivity index is 1.47. The normalized spacial score (nSPS) is 15.3. The van der Waals surface area contributed by atoms with Gasteiger partial charge >= 0.3 is 6.18 Å². The number of halogens is 3. The van der Waals surface area contributed by atoms with Crippen molar-refractivity contribution in [1.82, 2.24) is 24.6 Å². The number of aromatic nitrogens is 4. The van der Waals surface area contributed by atoms with E-state index in [2.05, 4.69) is 26.0 Å². The molecule has 1 fully saturated rings. The molecule has 0 aliphatic carbocycles. The zero-order valence-electron chi connectivity index (χ0n) is 17.4. The number of benzene rings is 1. The Morgan fingerprint density at radius 2 is 1.69 bits per heavy atom. The fourth-order valence-corrected chi connectivity index (χ4v) is 4.31. The number of likely N-dealkylation sites (tertiary alicyclic amines) is 1. The minimum Gasteiger partial charge on any atom is -0.299 e. The van der Waals surface area contributed by atoms with Gasteiger partial charge in [-0.15, -0.1) is 0 Å². The van der Waals surface area contributed by atoms with E-state index in [9.17, 15) is 13.2 Å². The fourth-order valence-electron chi connectivity index (χ4n) is 4.31. The van der Waals surface area contributed by atoms with Crippen molar-refractivity contribution in [2.45, 2.75) is 32.0 Å². The average Bonchev–Trinajstić information content (AvgIpc) is 3.22. The third kappa shape index (κ3) is 4.10. The third-order valence-corrected chi connectivity index (χ3v) is 5.88. The van der Waals surface area contributed by atoms with Crippen LogP contribution in [0.3, 0.4) is 0 Å². The first-order valence-corrected chi connectivity index (χ1v) is 10.6. The van der Waals surface area contributed by atoms with Crippen LogP contribution in [0.4, 0.5) is 13.2 Å². The SMILES string of the molecule is FC(F)(F)c1ccncc1-n1ncc2cc(-c3cncc(CN4CCCCC4)c3)ccc21. The molecule has 1 aromatic carbocycles. The van der Waals surface area contributed by atoms with Gasteiger partial charge in [0.2, 0.25) is 0 Å². The van der Waals surface area contributed by atoms with Crippen molar-refractivity contribution in [2.75, 3.05) is 13.1 Å². The lowest BCUT2D eigenvalue weighted by molar-refractivity contribution is -0.137. The molecule has 0 saturated carbocycles. The molecule has 0 atom stereocenters. The lowest BCUT2D eigenvalue weighted by Crippen LogP contribution is -2.29. The molecule has 164 valence electrons. The summed E-state index contributed by atoms with van der Waals surface area (Å²) in [5.74, 6) is 0. The Morgan fingerprint density at radius 1 is 0.844 bits per heavy atom. The van der Waals surface area contributed by atoms with Gasteiger partial charge in [0.25, 0.3) is 0 Å². The molecule has 4 aromatic rings. The first kappa shape index (κ1) is 20.6. The number of piperidine rings is 1. The molecule has 0 bridgehead atoms. The standard InChI is InChI=1S/C24H22F3N5/c25-24(26,27)21-6-7-28-15-23(21)32-22-5-4-18(11-20(22)14-30-32)19-10-17(12-29-13-19)16-31-8-2-1-3-9-31/h4-7,10-15H,1-3,8-9,16H2. The van der Waals surface area contributed by atoms with E-state index in [1.807, 2.05) is 24.5 Å². The summed E-state index contributed by atoms with van der Waals surface area (Å²) in [6, 6.07) is 8.73. The van der Waals surface area contributed by atoms with E-state index in [1.165, 1.54) is 30.1 Å². The highest BCUT2D eigenvalue weighted by molar-refractivity contribution is 5.85. The van der Waals surface area contributed by atoms with E-state index in [0.717, 1.165) is 54.0 Å². The molecule has 0 spiro atoms. The van der Waals surface area contributed by atoms with Crippen molar-refractivity contribution in [3.05, 3.63) is 72.4 Å². The van der Waals surface area contributed by atoms with Crippen molar-refractivity contribution >= 4 is 10.9 Å². The number of hydrogen-bond donors (Lipinski definition) is 0. The van der Waals surface area contributed by atoms with Crippen LogP contribution in [0.1, 0.15) is 30.4 Å². The van der Waals surface area contributed by atoms with E-state index < -0.39 is 11.7 Å². The Hall–Kier alpha value is -3.26. The molecule has 5 nitrogen and oxygen atoms in total.